The molecule has 0 aliphatic heterocycles. The Kier molecular flexibility index (Phi) is 9.93. The van der Waals surface area contributed by atoms with E-state index in [1.807, 2.05) is 30.3 Å². The van der Waals surface area contributed by atoms with Crippen molar-refractivity contribution in [2.24, 2.45) is 0 Å². The van der Waals surface area contributed by atoms with Crippen molar-refractivity contribution in [2.45, 2.75) is 57.6 Å². The van der Waals surface area contributed by atoms with Gasteiger partial charge in [0.15, 0.2) is 0 Å². The predicted molar refractivity (Wildman–Crippen MR) is 143 cm³/mol. The Hall–Kier alpha value is -4.34. The van der Waals surface area contributed by atoms with Gasteiger partial charge < -0.3 is 15.4 Å². The van der Waals surface area contributed by atoms with Gasteiger partial charge in [0, 0.05) is 36.5 Å². The Balaban J connectivity index is 1.10. The summed E-state index contributed by atoms with van der Waals surface area (Å²) in [6.07, 6.45) is 6.01. The molecule has 1 aliphatic rings. The number of amides is 3. The van der Waals surface area contributed by atoms with Crippen LogP contribution in [0.1, 0.15) is 59.3 Å². The summed E-state index contributed by atoms with van der Waals surface area (Å²) < 4.78 is 18.2. The standard InChI is InChI=1S/C29H32FN5O4/c30-23-12-10-21(11-13-23)27(37)35-28-32-18-22-17-24(14-15-25(22)34-28)33-26(36)9-5-2-6-16-31-29(38)39-19-20-7-3-1-4-8-20/h1,3-4,7-8,10-13,18,24H,2,5-6,9,14-17,19H2,(H,31,38)(H,33,36)(H,32,34,35,37). The zero-order valence-corrected chi connectivity index (χ0v) is 21.6. The Labute approximate surface area is 226 Å². The van der Waals surface area contributed by atoms with E-state index in [-0.39, 0.29) is 24.5 Å². The van der Waals surface area contributed by atoms with Crippen LogP contribution in [0.5, 0.6) is 0 Å². The number of rotatable bonds is 11. The summed E-state index contributed by atoms with van der Waals surface area (Å²) in [6, 6.07) is 14.7. The first-order chi connectivity index (χ1) is 19.0. The molecule has 0 fully saturated rings. The molecule has 204 valence electrons. The van der Waals surface area contributed by atoms with E-state index in [2.05, 4.69) is 25.9 Å². The zero-order chi connectivity index (χ0) is 27.5. The van der Waals surface area contributed by atoms with Crippen molar-refractivity contribution in [2.75, 3.05) is 11.9 Å². The largest absolute Gasteiger partial charge is 0.445 e. The van der Waals surface area contributed by atoms with Gasteiger partial charge in [0.25, 0.3) is 5.91 Å². The van der Waals surface area contributed by atoms with Gasteiger partial charge in [-0.2, -0.15) is 0 Å². The minimum atomic E-state index is -0.444. The van der Waals surface area contributed by atoms with Crippen LogP contribution in [0, 0.1) is 5.82 Å². The molecule has 0 saturated heterocycles. The summed E-state index contributed by atoms with van der Waals surface area (Å²) in [5.74, 6) is -0.619. The van der Waals surface area contributed by atoms with Crippen LogP contribution in [0.3, 0.4) is 0 Å². The molecule has 0 saturated carbocycles. The van der Waals surface area contributed by atoms with Crippen molar-refractivity contribution in [3.05, 3.63) is 89.0 Å². The maximum atomic E-state index is 13.1. The third-order valence-electron chi connectivity index (χ3n) is 6.41. The molecule has 10 heteroatoms. The molecule has 39 heavy (non-hydrogen) atoms. The number of halogens is 1. The number of nitrogens with one attached hydrogen (secondary N) is 3. The molecule has 1 aliphatic carbocycles. The highest BCUT2D eigenvalue weighted by Gasteiger charge is 2.22. The number of carbonyl (C=O) groups excluding carboxylic acids is 3. The monoisotopic (exact) mass is 533 g/mol. The van der Waals surface area contributed by atoms with E-state index in [4.69, 9.17) is 4.74 Å². The summed E-state index contributed by atoms with van der Waals surface area (Å²) in [5, 5.41) is 8.46. The number of aromatic nitrogens is 2. The second kappa shape index (κ2) is 14.0. The maximum Gasteiger partial charge on any atom is 0.407 e. The molecule has 1 heterocycles. The summed E-state index contributed by atoms with van der Waals surface area (Å²) >= 11 is 0. The zero-order valence-electron chi connectivity index (χ0n) is 21.6. The Morgan fingerprint density at radius 2 is 1.79 bits per heavy atom. The smallest absolute Gasteiger partial charge is 0.407 e. The number of aryl methyl sites for hydroxylation is 1. The second-order valence-electron chi connectivity index (χ2n) is 9.43. The van der Waals surface area contributed by atoms with Gasteiger partial charge in [-0.1, -0.05) is 36.8 Å². The molecule has 3 aromatic rings. The van der Waals surface area contributed by atoms with Crippen molar-refractivity contribution in [3.8, 4) is 0 Å². The number of unbranched alkanes of at least 4 members (excludes halogenated alkanes) is 2. The molecule has 3 amide bonds. The minimum Gasteiger partial charge on any atom is -0.445 e. The first-order valence-electron chi connectivity index (χ1n) is 13.1. The SMILES string of the molecule is O=C(CCCCCNC(=O)OCc1ccccc1)NC1CCc2nc(NC(=O)c3ccc(F)cc3)ncc2C1. The van der Waals surface area contributed by atoms with E-state index in [0.717, 1.165) is 42.5 Å². The summed E-state index contributed by atoms with van der Waals surface area (Å²) in [5.41, 5.74) is 3.04. The maximum absolute atomic E-state index is 13.1. The summed E-state index contributed by atoms with van der Waals surface area (Å²) in [4.78, 5) is 45.2. The normalized spacial score (nSPS) is 14.1. The van der Waals surface area contributed by atoms with Gasteiger partial charge in [0.1, 0.15) is 12.4 Å². The molecule has 1 aromatic heterocycles. The van der Waals surface area contributed by atoms with Crippen LogP contribution in [0.2, 0.25) is 0 Å². The lowest BCUT2D eigenvalue weighted by Crippen LogP contribution is -2.39. The number of benzene rings is 2. The third-order valence-corrected chi connectivity index (χ3v) is 6.41. The Morgan fingerprint density at radius 3 is 2.59 bits per heavy atom. The molecule has 4 rings (SSSR count). The van der Waals surface area contributed by atoms with Crippen LogP contribution >= 0.6 is 0 Å². The molecule has 9 nitrogen and oxygen atoms in total. The molecule has 0 spiro atoms. The summed E-state index contributed by atoms with van der Waals surface area (Å²) in [7, 11) is 0. The number of fused-ring (bicyclic) bond motifs is 1. The van der Waals surface area contributed by atoms with E-state index < -0.39 is 17.8 Å². The van der Waals surface area contributed by atoms with Crippen LogP contribution < -0.4 is 16.0 Å². The number of carbonyl (C=O) groups is 3. The number of nitrogens with zero attached hydrogens (tertiary/aromatic N) is 2. The van der Waals surface area contributed by atoms with Gasteiger partial charge in [0.05, 0.1) is 0 Å². The number of alkyl carbamates (subject to hydrolysis) is 1. The highest BCUT2D eigenvalue weighted by molar-refractivity contribution is 6.03. The van der Waals surface area contributed by atoms with Crippen molar-refractivity contribution in [1.29, 1.82) is 0 Å². The molecule has 1 unspecified atom stereocenters. The number of ether oxygens (including phenoxy) is 1. The average Bonchev–Trinajstić information content (AvgIpc) is 2.94. The molecule has 0 bridgehead atoms. The van der Waals surface area contributed by atoms with E-state index in [0.29, 0.717) is 31.4 Å². The molecule has 2 aromatic carbocycles. The van der Waals surface area contributed by atoms with Crippen LogP contribution in [0.4, 0.5) is 15.1 Å². The van der Waals surface area contributed by atoms with E-state index in [1.54, 1.807) is 6.20 Å². The van der Waals surface area contributed by atoms with Crippen molar-refractivity contribution in [3.63, 3.8) is 0 Å². The highest BCUT2D eigenvalue weighted by Crippen LogP contribution is 2.21. The van der Waals surface area contributed by atoms with Gasteiger partial charge in [-0.3, -0.25) is 14.9 Å². The van der Waals surface area contributed by atoms with Gasteiger partial charge in [-0.15, -0.1) is 0 Å². The quantitative estimate of drug-likeness (QED) is 0.316. The fourth-order valence-corrected chi connectivity index (χ4v) is 4.32. The van der Waals surface area contributed by atoms with Crippen LogP contribution in [0.15, 0.2) is 60.8 Å². The molecular formula is C29H32FN5O4. The average molecular weight is 534 g/mol. The van der Waals surface area contributed by atoms with Crippen molar-refractivity contribution < 1.29 is 23.5 Å². The number of hydrogen-bond acceptors (Lipinski definition) is 6. The van der Waals surface area contributed by atoms with Crippen LogP contribution in [0.25, 0.3) is 0 Å². The Bertz CT molecular complexity index is 1270. The number of hydrogen-bond donors (Lipinski definition) is 3. The predicted octanol–water partition coefficient (Wildman–Crippen LogP) is 4.33. The lowest BCUT2D eigenvalue weighted by molar-refractivity contribution is -0.122. The van der Waals surface area contributed by atoms with Crippen molar-refractivity contribution in [1.82, 2.24) is 20.6 Å². The first-order valence-corrected chi connectivity index (χ1v) is 13.1. The molecule has 3 N–H and O–H groups in total. The highest BCUT2D eigenvalue weighted by atomic mass is 19.1. The van der Waals surface area contributed by atoms with E-state index in [1.165, 1.54) is 24.3 Å². The lowest BCUT2D eigenvalue weighted by atomic mass is 9.92. The van der Waals surface area contributed by atoms with Crippen LogP contribution in [-0.4, -0.2) is 40.5 Å². The first kappa shape index (κ1) is 27.7. The van der Waals surface area contributed by atoms with E-state index >= 15 is 0 Å². The minimum absolute atomic E-state index is 0.00257. The second-order valence-corrected chi connectivity index (χ2v) is 9.43. The van der Waals surface area contributed by atoms with E-state index in [9.17, 15) is 18.8 Å². The third kappa shape index (κ3) is 8.87. The van der Waals surface area contributed by atoms with Gasteiger partial charge in [-0.25, -0.2) is 19.2 Å². The lowest BCUT2D eigenvalue weighted by Gasteiger charge is -2.25. The van der Waals surface area contributed by atoms with Gasteiger partial charge in [0.2, 0.25) is 11.9 Å². The van der Waals surface area contributed by atoms with Gasteiger partial charge >= 0.3 is 6.09 Å². The molecular weight excluding hydrogens is 501 g/mol. The molecule has 0 radical (unpaired) electrons. The fraction of sp³-hybridized carbons (Fsp3) is 0.345. The van der Waals surface area contributed by atoms with Gasteiger partial charge in [-0.05, 0) is 67.5 Å². The fourth-order valence-electron chi connectivity index (χ4n) is 4.32. The number of anilines is 1. The Morgan fingerprint density at radius 1 is 1.00 bits per heavy atom. The topological polar surface area (TPSA) is 122 Å². The summed E-state index contributed by atoms with van der Waals surface area (Å²) in [6.45, 7) is 0.737. The molecule has 1 atom stereocenters. The van der Waals surface area contributed by atoms with Crippen LogP contribution in [-0.2, 0) is 29.0 Å². The van der Waals surface area contributed by atoms with Crippen molar-refractivity contribution >= 4 is 23.9 Å².